The minimum atomic E-state index is 0.287. The van der Waals surface area contributed by atoms with Crippen LogP contribution in [0, 0.1) is 6.92 Å². The maximum atomic E-state index is 5.95. The molecule has 18 heavy (non-hydrogen) atoms. The molecule has 0 fully saturated rings. The van der Waals surface area contributed by atoms with E-state index in [4.69, 9.17) is 22.1 Å². The van der Waals surface area contributed by atoms with Gasteiger partial charge >= 0.3 is 0 Å². The number of pyridine rings is 1. The van der Waals surface area contributed by atoms with E-state index in [-0.39, 0.29) is 6.54 Å². The number of aryl methyl sites for hydroxylation is 1. The highest BCUT2D eigenvalue weighted by atomic mass is 79.9. The second kappa shape index (κ2) is 5.69. The monoisotopic (exact) mass is 326 g/mol. The third-order valence-corrected chi connectivity index (χ3v) is 3.28. The van der Waals surface area contributed by atoms with Crippen LogP contribution in [0.3, 0.4) is 0 Å². The van der Waals surface area contributed by atoms with Gasteiger partial charge in [-0.05, 0) is 36.8 Å². The van der Waals surface area contributed by atoms with Crippen LogP contribution in [-0.2, 0) is 6.54 Å². The molecule has 0 unspecified atom stereocenters. The summed E-state index contributed by atoms with van der Waals surface area (Å²) in [7, 11) is 0. The van der Waals surface area contributed by atoms with Crippen LogP contribution in [0.15, 0.2) is 34.8 Å². The molecular weight excluding hydrogens is 316 g/mol. The summed E-state index contributed by atoms with van der Waals surface area (Å²) in [5.41, 5.74) is 7.21. The number of aromatic nitrogens is 1. The predicted octanol–water partition coefficient (Wildman–Crippen LogP) is 4.06. The summed E-state index contributed by atoms with van der Waals surface area (Å²) in [6, 6.07) is 9.25. The summed E-state index contributed by atoms with van der Waals surface area (Å²) in [5.74, 6) is 1.25. The van der Waals surface area contributed by atoms with Crippen molar-refractivity contribution in [2.45, 2.75) is 13.5 Å². The van der Waals surface area contributed by atoms with Crippen LogP contribution in [0.25, 0.3) is 0 Å². The van der Waals surface area contributed by atoms with Gasteiger partial charge in [-0.2, -0.15) is 0 Å². The maximum Gasteiger partial charge on any atom is 0.219 e. The van der Waals surface area contributed by atoms with Crippen molar-refractivity contribution in [3.63, 3.8) is 0 Å². The first-order valence-electron chi connectivity index (χ1n) is 5.39. The highest BCUT2D eigenvalue weighted by Crippen LogP contribution is 2.27. The molecule has 0 aliphatic carbocycles. The molecule has 2 rings (SSSR count). The Balaban J connectivity index is 2.28. The van der Waals surface area contributed by atoms with E-state index in [0.29, 0.717) is 16.6 Å². The van der Waals surface area contributed by atoms with E-state index in [1.165, 1.54) is 0 Å². The Kier molecular flexibility index (Phi) is 4.22. The summed E-state index contributed by atoms with van der Waals surface area (Å²) in [6.45, 7) is 2.26. The molecule has 0 radical (unpaired) electrons. The van der Waals surface area contributed by atoms with Gasteiger partial charge < -0.3 is 10.5 Å². The number of nitrogens with zero attached hydrogens (tertiary/aromatic N) is 1. The van der Waals surface area contributed by atoms with Crippen molar-refractivity contribution < 1.29 is 4.74 Å². The lowest BCUT2D eigenvalue weighted by Crippen LogP contribution is -2.01. The number of nitrogens with two attached hydrogens (primary N) is 1. The van der Waals surface area contributed by atoms with Gasteiger partial charge in [0.05, 0.1) is 10.7 Å². The number of hydrogen-bond acceptors (Lipinski definition) is 3. The molecule has 0 spiro atoms. The number of hydrogen-bond donors (Lipinski definition) is 1. The van der Waals surface area contributed by atoms with Gasteiger partial charge in [-0.1, -0.05) is 27.5 Å². The zero-order chi connectivity index (χ0) is 13.1. The van der Waals surface area contributed by atoms with Crippen molar-refractivity contribution in [3.05, 3.63) is 51.1 Å². The maximum absolute atomic E-state index is 5.95. The largest absolute Gasteiger partial charge is 0.439 e. The molecule has 0 aliphatic rings. The standard InChI is InChI=1S/C13H12BrClN2O/c1-8-6-9(14)2-4-12(8)18-13-5-3-10(15)11(7-16)17-13/h2-6H,7,16H2,1H3. The minimum absolute atomic E-state index is 0.287. The summed E-state index contributed by atoms with van der Waals surface area (Å²) in [5, 5.41) is 0.553. The summed E-state index contributed by atoms with van der Waals surface area (Å²) in [4.78, 5) is 4.26. The van der Waals surface area contributed by atoms with E-state index in [2.05, 4.69) is 20.9 Å². The van der Waals surface area contributed by atoms with E-state index in [0.717, 1.165) is 15.8 Å². The molecule has 0 saturated carbocycles. The van der Waals surface area contributed by atoms with Gasteiger partial charge in [0.15, 0.2) is 0 Å². The average molecular weight is 328 g/mol. The topological polar surface area (TPSA) is 48.1 Å². The quantitative estimate of drug-likeness (QED) is 0.925. The molecule has 3 nitrogen and oxygen atoms in total. The molecule has 94 valence electrons. The summed E-state index contributed by atoms with van der Waals surface area (Å²) < 4.78 is 6.73. The summed E-state index contributed by atoms with van der Waals surface area (Å²) in [6.07, 6.45) is 0. The van der Waals surface area contributed by atoms with Gasteiger partial charge in [-0.3, -0.25) is 0 Å². The van der Waals surface area contributed by atoms with Crippen LogP contribution >= 0.6 is 27.5 Å². The van der Waals surface area contributed by atoms with Crippen molar-refractivity contribution in [3.8, 4) is 11.6 Å². The smallest absolute Gasteiger partial charge is 0.219 e. The second-order valence-electron chi connectivity index (χ2n) is 3.79. The highest BCUT2D eigenvalue weighted by Gasteiger charge is 2.06. The SMILES string of the molecule is Cc1cc(Br)ccc1Oc1ccc(Cl)c(CN)n1. The number of halogens is 2. The van der Waals surface area contributed by atoms with Crippen LogP contribution in [0.5, 0.6) is 11.6 Å². The van der Waals surface area contributed by atoms with Crippen LogP contribution in [0.2, 0.25) is 5.02 Å². The molecule has 1 heterocycles. The first-order chi connectivity index (χ1) is 8.60. The van der Waals surface area contributed by atoms with Crippen molar-refractivity contribution in [2.75, 3.05) is 0 Å². The number of rotatable bonds is 3. The summed E-state index contributed by atoms with van der Waals surface area (Å²) >= 11 is 9.36. The molecule has 0 amide bonds. The third-order valence-electron chi connectivity index (χ3n) is 2.44. The van der Waals surface area contributed by atoms with Gasteiger partial charge in [-0.25, -0.2) is 4.98 Å². The number of benzene rings is 1. The van der Waals surface area contributed by atoms with Crippen LogP contribution < -0.4 is 10.5 Å². The molecule has 1 aromatic heterocycles. The fourth-order valence-electron chi connectivity index (χ4n) is 1.50. The van der Waals surface area contributed by atoms with Crippen molar-refractivity contribution in [1.29, 1.82) is 0 Å². The molecule has 1 aromatic carbocycles. The Bertz CT molecular complexity index is 575. The van der Waals surface area contributed by atoms with Gasteiger partial charge in [-0.15, -0.1) is 0 Å². The van der Waals surface area contributed by atoms with Crippen LogP contribution in [0.1, 0.15) is 11.3 Å². The molecular formula is C13H12BrClN2O. The first-order valence-corrected chi connectivity index (χ1v) is 6.56. The first kappa shape index (κ1) is 13.3. The van der Waals surface area contributed by atoms with Gasteiger partial charge in [0.1, 0.15) is 5.75 Å². The Morgan fingerprint density at radius 3 is 2.78 bits per heavy atom. The fourth-order valence-corrected chi connectivity index (χ4v) is 2.16. The Morgan fingerprint density at radius 2 is 2.11 bits per heavy atom. The van der Waals surface area contributed by atoms with E-state index < -0.39 is 0 Å². The average Bonchev–Trinajstić information content (AvgIpc) is 2.35. The van der Waals surface area contributed by atoms with E-state index >= 15 is 0 Å². The van der Waals surface area contributed by atoms with E-state index in [9.17, 15) is 0 Å². The Labute approximate surface area is 119 Å². The molecule has 5 heteroatoms. The van der Waals surface area contributed by atoms with E-state index in [1.807, 2.05) is 25.1 Å². The minimum Gasteiger partial charge on any atom is -0.439 e. The van der Waals surface area contributed by atoms with Crippen molar-refractivity contribution >= 4 is 27.5 Å². The number of ether oxygens (including phenoxy) is 1. The zero-order valence-corrected chi connectivity index (χ0v) is 12.1. The molecule has 0 aliphatic heterocycles. The van der Waals surface area contributed by atoms with Crippen LogP contribution in [0.4, 0.5) is 0 Å². The van der Waals surface area contributed by atoms with Crippen molar-refractivity contribution in [1.82, 2.24) is 4.98 Å². The van der Waals surface area contributed by atoms with Crippen LogP contribution in [-0.4, -0.2) is 4.98 Å². The van der Waals surface area contributed by atoms with Gasteiger partial charge in [0, 0.05) is 17.1 Å². The lowest BCUT2D eigenvalue weighted by molar-refractivity contribution is 0.457. The fraction of sp³-hybridized carbons (Fsp3) is 0.154. The molecule has 0 atom stereocenters. The Morgan fingerprint density at radius 1 is 1.33 bits per heavy atom. The second-order valence-corrected chi connectivity index (χ2v) is 5.12. The molecule has 0 saturated heterocycles. The normalized spacial score (nSPS) is 10.4. The lowest BCUT2D eigenvalue weighted by Gasteiger charge is -2.09. The molecule has 2 aromatic rings. The lowest BCUT2D eigenvalue weighted by atomic mass is 10.2. The highest BCUT2D eigenvalue weighted by molar-refractivity contribution is 9.10. The third kappa shape index (κ3) is 3.02. The van der Waals surface area contributed by atoms with E-state index in [1.54, 1.807) is 12.1 Å². The van der Waals surface area contributed by atoms with Gasteiger partial charge in [0.25, 0.3) is 0 Å². The molecule has 0 bridgehead atoms. The zero-order valence-electron chi connectivity index (χ0n) is 9.78. The van der Waals surface area contributed by atoms with Gasteiger partial charge in [0.2, 0.25) is 5.88 Å². The molecule has 2 N–H and O–H groups in total. The van der Waals surface area contributed by atoms with Crippen molar-refractivity contribution in [2.24, 2.45) is 5.73 Å². The Hall–Kier alpha value is -1.10. The predicted molar refractivity (Wildman–Crippen MR) is 76.1 cm³/mol.